The summed E-state index contributed by atoms with van der Waals surface area (Å²) < 4.78 is 3.11. The van der Waals surface area contributed by atoms with Crippen molar-refractivity contribution in [2.24, 2.45) is 0 Å². The van der Waals surface area contributed by atoms with Crippen LogP contribution in [-0.4, -0.2) is 32.9 Å². The maximum absolute atomic E-state index is 13.9. The summed E-state index contributed by atoms with van der Waals surface area (Å²) in [5.74, 6) is -0.159. The fraction of sp³-hybridized carbons (Fsp3) is 0.462. The lowest BCUT2D eigenvalue weighted by Gasteiger charge is -2.44. The molecule has 1 atom stereocenters. The number of amides is 2. The molecule has 5 rings (SSSR count). The lowest BCUT2D eigenvalue weighted by molar-refractivity contribution is -0.134. The van der Waals surface area contributed by atoms with Crippen LogP contribution in [0.15, 0.2) is 41.8 Å². The molecule has 1 aliphatic heterocycles. The molecule has 2 aromatic heterocycles. The van der Waals surface area contributed by atoms with Crippen molar-refractivity contribution in [3.8, 4) is 0 Å². The molecule has 0 bridgehead atoms. The summed E-state index contributed by atoms with van der Waals surface area (Å²) in [6, 6.07) is 11.7. The van der Waals surface area contributed by atoms with Crippen molar-refractivity contribution in [3.05, 3.63) is 58.1 Å². The molecule has 1 aromatic carbocycles. The Morgan fingerprint density at radius 3 is 2.55 bits per heavy atom. The number of rotatable bonds is 4. The molecule has 1 fully saturated rings. The van der Waals surface area contributed by atoms with Gasteiger partial charge in [0.15, 0.2) is 0 Å². The highest BCUT2D eigenvalue weighted by Gasteiger charge is 2.48. The van der Waals surface area contributed by atoms with Gasteiger partial charge in [0.05, 0.1) is 16.8 Å². The van der Waals surface area contributed by atoms with Crippen LogP contribution in [0.1, 0.15) is 67.9 Å². The topological polar surface area (TPSA) is 54.3 Å². The summed E-state index contributed by atoms with van der Waals surface area (Å²) in [7, 11) is 0. The maximum Gasteiger partial charge on any atom is 0.271 e. The monoisotopic (exact) mass is 483 g/mol. The lowest BCUT2D eigenvalue weighted by atomic mass is 9.91. The van der Waals surface area contributed by atoms with E-state index in [4.69, 9.17) is 11.6 Å². The highest BCUT2D eigenvalue weighted by atomic mass is 35.5. The number of hydrogen-bond donors (Lipinski definition) is 1. The Hall–Kier alpha value is -2.31. The van der Waals surface area contributed by atoms with Gasteiger partial charge in [-0.2, -0.15) is 0 Å². The Kier molecular flexibility index (Phi) is 6.23. The lowest BCUT2D eigenvalue weighted by Crippen LogP contribution is -2.64. The molecule has 2 amide bonds. The quantitative estimate of drug-likeness (QED) is 0.494. The van der Waals surface area contributed by atoms with Crippen LogP contribution in [0.3, 0.4) is 0 Å². The number of thiophene rings is 1. The van der Waals surface area contributed by atoms with E-state index in [2.05, 4.69) is 5.32 Å². The SMILES string of the molecule is C[C@]1(C(=O)NC2CCCCCCC2)Cn2c(cc3sccc32)C(=O)N1Cc1ccc(Cl)cc1. The van der Waals surface area contributed by atoms with Crippen LogP contribution < -0.4 is 5.32 Å². The molecular weight excluding hydrogens is 454 g/mol. The third kappa shape index (κ3) is 4.31. The van der Waals surface area contributed by atoms with Crippen molar-refractivity contribution in [1.29, 1.82) is 0 Å². The largest absolute Gasteiger partial charge is 0.351 e. The second-order valence-corrected chi connectivity index (χ2v) is 11.0. The van der Waals surface area contributed by atoms with Crippen molar-refractivity contribution in [2.75, 3.05) is 0 Å². The van der Waals surface area contributed by atoms with E-state index >= 15 is 0 Å². The Morgan fingerprint density at radius 2 is 1.82 bits per heavy atom. The van der Waals surface area contributed by atoms with Gasteiger partial charge < -0.3 is 14.8 Å². The number of nitrogens with one attached hydrogen (secondary N) is 1. The van der Waals surface area contributed by atoms with E-state index in [-0.39, 0.29) is 17.9 Å². The van der Waals surface area contributed by atoms with Gasteiger partial charge in [0.25, 0.3) is 5.91 Å². The number of fused-ring (bicyclic) bond motifs is 3. The Labute approximate surface area is 203 Å². The highest BCUT2D eigenvalue weighted by Crippen LogP contribution is 2.35. The predicted molar refractivity (Wildman–Crippen MR) is 134 cm³/mol. The zero-order valence-corrected chi connectivity index (χ0v) is 20.6. The van der Waals surface area contributed by atoms with Gasteiger partial charge in [0.2, 0.25) is 5.91 Å². The van der Waals surface area contributed by atoms with Crippen molar-refractivity contribution in [2.45, 2.75) is 76.5 Å². The summed E-state index contributed by atoms with van der Waals surface area (Å²) in [6.45, 7) is 2.73. The minimum absolute atomic E-state index is 0.0573. The average molecular weight is 484 g/mol. The van der Waals surface area contributed by atoms with Crippen LogP contribution in [0.25, 0.3) is 10.2 Å². The Balaban J connectivity index is 1.49. The van der Waals surface area contributed by atoms with E-state index < -0.39 is 5.54 Å². The zero-order chi connectivity index (χ0) is 23.0. The summed E-state index contributed by atoms with van der Waals surface area (Å²) in [6.07, 6.45) is 8.06. The first-order chi connectivity index (χ1) is 16.0. The van der Waals surface area contributed by atoms with Gasteiger partial charge in [-0.05, 0) is 55.0 Å². The van der Waals surface area contributed by atoms with Crippen LogP contribution >= 0.6 is 22.9 Å². The van der Waals surface area contributed by atoms with Gasteiger partial charge in [-0.25, -0.2) is 0 Å². The van der Waals surface area contributed by atoms with Crippen molar-refractivity contribution in [3.63, 3.8) is 0 Å². The predicted octanol–water partition coefficient (Wildman–Crippen LogP) is 6.00. The highest BCUT2D eigenvalue weighted by molar-refractivity contribution is 7.17. The normalized spacial score (nSPS) is 22.1. The molecule has 1 saturated carbocycles. The molecule has 33 heavy (non-hydrogen) atoms. The third-order valence-electron chi connectivity index (χ3n) is 7.23. The Bertz CT molecular complexity index is 1160. The number of halogens is 1. The first-order valence-electron chi connectivity index (χ1n) is 11.9. The molecule has 7 heteroatoms. The van der Waals surface area contributed by atoms with Gasteiger partial charge in [0, 0.05) is 17.6 Å². The number of benzene rings is 1. The van der Waals surface area contributed by atoms with Crippen LogP contribution in [0.5, 0.6) is 0 Å². The number of carbonyl (C=O) groups is 2. The molecular formula is C26H30ClN3O2S. The van der Waals surface area contributed by atoms with E-state index in [0.717, 1.165) is 41.5 Å². The molecule has 174 valence electrons. The molecule has 1 N–H and O–H groups in total. The molecule has 0 spiro atoms. The molecule has 3 heterocycles. The average Bonchev–Trinajstić information content (AvgIpc) is 3.36. The van der Waals surface area contributed by atoms with Crippen LogP contribution in [-0.2, 0) is 17.9 Å². The van der Waals surface area contributed by atoms with E-state index in [9.17, 15) is 9.59 Å². The summed E-state index contributed by atoms with van der Waals surface area (Å²) in [5, 5.41) is 6.03. The molecule has 0 radical (unpaired) electrons. The zero-order valence-electron chi connectivity index (χ0n) is 19.0. The molecule has 3 aromatic rings. The molecule has 0 saturated heterocycles. The van der Waals surface area contributed by atoms with Gasteiger partial charge in [-0.1, -0.05) is 55.8 Å². The fourth-order valence-electron chi connectivity index (χ4n) is 5.23. The number of carbonyl (C=O) groups excluding carboxylic acids is 2. The second kappa shape index (κ2) is 9.15. The first kappa shape index (κ1) is 22.5. The van der Waals surface area contributed by atoms with Gasteiger partial charge in [-0.15, -0.1) is 11.3 Å². The summed E-state index contributed by atoms with van der Waals surface area (Å²) >= 11 is 7.70. The van der Waals surface area contributed by atoms with E-state index in [1.807, 2.05) is 53.3 Å². The molecule has 1 aliphatic carbocycles. The molecule has 2 aliphatic rings. The number of aromatic nitrogens is 1. The smallest absolute Gasteiger partial charge is 0.271 e. The minimum Gasteiger partial charge on any atom is -0.351 e. The van der Waals surface area contributed by atoms with Crippen LogP contribution in [0.4, 0.5) is 0 Å². The first-order valence-corrected chi connectivity index (χ1v) is 13.2. The van der Waals surface area contributed by atoms with Crippen molar-refractivity contribution in [1.82, 2.24) is 14.8 Å². The van der Waals surface area contributed by atoms with Gasteiger partial charge >= 0.3 is 0 Å². The maximum atomic E-state index is 13.9. The standard InChI is InChI=1S/C26H30ClN3O2S/c1-26(25(32)28-20-7-5-3-2-4-6-8-20)17-29-21-13-14-33-23(21)15-22(29)24(31)30(26)16-18-9-11-19(27)12-10-18/h9-15,20H,2-8,16-17H2,1H3,(H,28,32)/t26-/m1/s1. The van der Waals surface area contributed by atoms with E-state index in [1.165, 1.54) is 19.3 Å². The summed E-state index contributed by atoms with van der Waals surface area (Å²) in [4.78, 5) is 29.4. The molecule has 0 unspecified atom stereocenters. The molecule has 5 nitrogen and oxygen atoms in total. The van der Waals surface area contributed by atoms with Gasteiger partial charge in [-0.3, -0.25) is 9.59 Å². The van der Waals surface area contributed by atoms with Crippen molar-refractivity contribution < 1.29 is 9.59 Å². The van der Waals surface area contributed by atoms with E-state index in [1.54, 1.807) is 16.2 Å². The number of nitrogens with zero attached hydrogens (tertiary/aromatic N) is 2. The van der Waals surface area contributed by atoms with Crippen LogP contribution in [0, 0.1) is 0 Å². The van der Waals surface area contributed by atoms with Crippen LogP contribution in [0.2, 0.25) is 5.02 Å². The van der Waals surface area contributed by atoms with E-state index in [0.29, 0.717) is 23.8 Å². The summed E-state index contributed by atoms with van der Waals surface area (Å²) in [5.41, 5.74) is 1.65. The Morgan fingerprint density at radius 1 is 1.12 bits per heavy atom. The van der Waals surface area contributed by atoms with Gasteiger partial charge in [0.1, 0.15) is 11.2 Å². The second-order valence-electron chi connectivity index (χ2n) is 9.59. The minimum atomic E-state index is -0.986. The fourth-order valence-corrected chi connectivity index (χ4v) is 6.18. The third-order valence-corrected chi connectivity index (χ3v) is 8.34. The number of hydrogen-bond acceptors (Lipinski definition) is 3. The van der Waals surface area contributed by atoms with Crippen molar-refractivity contribution >= 4 is 45.0 Å².